The van der Waals surface area contributed by atoms with Gasteiger partial charge in [0.05, 0.1) is 6.57 Å². The fourth-order valence-electron chi connectivity index (χ4n) is 4.57. The van der Waals surface area contributed by atoms with E-state index in [9.17, 15) is 4.79 Å². The molecule has 0 bridgehead atoms. The summed E-state index contributed by atoms with van der Waals surface area (Å²) in [6.07, 6.45) is 4.42. The van der Waals surface area contributed by atoms with Crippen molar-refractivity contribution >= 4 is 11.8 Å². The van der Waals surface area contributed by atoms with Gasteiger partial charge in [0.25, 0.3) is 0 Å². The zero-order valence-corrected chi connectivity index (χ0v) is 21.0. The fraction of sp³-hybridized carbons (Fsp3) is 0.379. The lowest BCUT2D eigenvalue weighted by Crippen LogP contribution is -2.43. The van der Waals surface area contributed by atoms with Crippen LogP contribution >= 0.6 is 0 Å². The van der Waals surface area contributed by atoms with Crippen LogP contribution in [0.4, 0.5) is 10.5 Å². The van der Waals surface area contributed by atoms with Crippen LogP contribution in [0.15, 0.2) is 60.8 Å². The van der Waals surface area contributed by atoms with Crippen LogP contribution in [0.1, 0.15) is 52.3 Å². The molecule has 6 nitrogen and oxygen atoms in total. The molecule has 182 valence electrons. The number of likely N-dealkylation sites (tertiary alicyclic amines) is 1. The Bertz CT molecular complexity index is 1200. The van der Waals surface area contributed by atoms with Gasteiger partial charge in [0.1, 0.15) is 17.1 Å². The molecule has 1 saturated heterocycles. The molecule has 6 heteroatoms. The maximum Gasteiger partial charge on any atom is 0.410 e. The predicted molar refractivity (Wildman–Crippen MR) is 138 cm³/mol. The van der Waals surface area contributed by atoms with E-state index >= 15 is 0 Å². The van der Waals surface area contributed by atoms with Crippen molar-refractivity contribution in [2.24, 2.45) is 0 Å². The average molecular weight is 472 g/mol. The maximum atomic E-state index is 12.7. The molecular weight excluding hydrogens is 438 g/mol. The molecule has 4 rings (SSSR count). The highest BCUT2D eigenvalue weighted by Crippen LogP contribution is 2.40. The minimum Gasteiger partial charge on any atom is -0.457 e. The maximum absolute atomic E-state index is 12.7. The van der Waals surface area contributed by atoms with Gasteiger partial charge in [0, 0.05) is 36.6 Å². The van der Waals surface area contributed by atoms with Crippen LogP contribution in [0.25, 0.3) is 16.0 Å². The van der Waals surface area contributed by atoms with Crippen LogP contribution in [0.2, 0.25) is 0 Å². The van der Waals surface area contributed by atoms with Crippen LogP contribution < -0.4 is 4.74 Å². The Labute approximate surface area is 207 Å². The summed E-state index contributed by atoms with van der Waals surface area (Å²) in [5.74, 6) is 1.54. The first-order valence-corrected chi connectivity index (χ1v) is 12.2. The number of carbonyl (C=O) groups excluding carboxylic acids is 1. The molecule has 2 heterocycles. The number of benzene rings is 2. The Morgan fingerprint density at radius 2 is 1.77 bits per heavy atom. The fourth-order valence-corrected chi connectivity index (χ4v) is 4.57. The zero-order chi connectivity index (χ0) is 25.0. The van der Waals surface area contributed by atoms with Crippen LogP contribution in [-0.4, -0.2) is 34.3 Å². The van der Waals surface area contributed by atoms with E-state index in [0.717, 1.165) is 47.6 Å². The van der Waals surface area contributed by atoms with Crippen molar-refractivity contribution in [1.82, 2.24) is 9.47 Å². The average Bonchev–Trinajstić information content (AvgIpc) is 3.23. The Kier molecular flexibility index (Phi) is 7.16. The molecule has 1 fully saturated rings. The number of nitrogens with zero attached hydrogens (tertiary/aromatic N) is 3. The summed E-state index contributed by atoms with van der Waals surface area (Å²) < 4.78 is 13.7. The summed E-state index contributed by atoms with van der Waals surface area (Å²) in [5, 5.41) is 0. The van der Waals surface area contributed by atoms with Crippen LogP contribution in [-0.2, 0) is 11.2 Å². The Hall–Kier alpha value is -3.72. The molecule has 0 aliphatic carbocycles. The number of ether oxygens (including phenoxy) is 2. The van der Waals surface area contributed by atoms with Crippen molar-refractivity contribution in [3.05, 3.63) is 77.9 Å². The molecule has 1 aliphatic rings. The standard InChI is InChI=1S/C29H33N3O3/c1-6-26-27(30-5)25(21-14-16-24(17-15-21)34-23-12-8-7-9-13-23)20-32(26)22-11-10-18-31(19-22)28(33)35-29(2,3)4/h7-9,12-17,20,22H,6,10-11,18-19H2,1-4H3/t22-/m1/s1. The molecule has 1 aromatic heterocycles. The molecule has 35 heavy (non-hydrogen) atoms. The number of piperidine rings is 1. The van der Waals surface area contributed by atoms with Gasteiger partial charge in [-0.05, 0) is 69.9 Å². The van der Waals surface area contributed by atoms with Gasteiger partial charge in [-0.1, -0.05) is 37.3 Å². The molecule has 1 amide bonds. The molecule has 2 aromatic carbocycles. The van der Waals surface area contributed by atoms with Gasteiger partial charge in [-0.15, -0.1) is 0 Å². The second-order valence-corrected chi connectivity index (χ2v) is 9.87. The van der Waals surface area contributed by atoms with Crippen molar-refractivity contribution in [3.63, 3.8) is 0 Å². The van der Waals surface area contributed by atoms with Crippen LogP contribution in [0, 0.1) is 6.57 Å². The highest BCUT2D eigenvalue weighted by Gasteiger charge is 2.30. The summed E-state index contributed by atoms with van der Waals surface area (Å²) in [6.45, 7) is 16.9. The zero-order valence-electron chi connectivity index (χ0n) is 21.0. The van der Waals surface area contributed by atoms with Gasteiger partial charge >= 0.3 is 6.09 Å². The van der Waals surface area contributed by atoms with E-state index < -0.39 is 5.60 Å². The third kappa shape index (κ3) is 5.68. The number of aromatic nitrogens is 1. The van der Waals surface area contributed by atoms with Crippen molar-refractivity contribution in [1.29, 1.82) is 0 Å². The number of hydrogen-bond donors (Lipinski definition) is 0. The summed E-state index contributed by atoms with van der Waals surface area (Å²) in [4.78, 5) is 18.4. The Morgan fingerprint density at radius 1 is 1.09 bits per heavy atom. The van der Waals surface area contributed by atoms with Crippen molar-refractivity contribution in [3.8, 4) is 22.6 Å². The van der Waals surface area contributed by atoms with E-state index in [2.05, 4.69) is 22.5 Å². The van der Waals surface area contributed by atoms with Crippen molar-refractivity contribution in [2.45, 2.75) is 58.6 Å². The molecular formula is C29H33N3O3. The van der Waals surface area contributed by atoms with E-state index in [-0.39, 0.29) is 12.1 Å². The van der Waals surface area contributed by atoms with Crippen molar-refractivity contribution < 1.29 is 14.3 Å². The van der Waals surface area contributed by atoms with Gasteiger partial charge in [0.15, 0.2) is 0 Å². The number of para-hydroxylation sites is 1. The SMILES string of the molecule is [C-]#[N+]c1c(-c2ccc(Oc3ccccc3)cc2)cn([C@@H]2CCCN(C(=O)OC(C)(C)C)C2)c1CC. The highest BCUT2D eigenvalue weighted by atomic mass is 16.6. The molecule has 0 N–H and O–H groups in total. The monoisotopic (exact) mass is 471 g/mol. The molecule has 0 spiro atoms. The van der Waals surface area contributed by atoms with Gasteiger partial charge in [-0.3, -0.25) is 0 Å². The smallest absolute Gasteiger partial charge is 0.410 e. The molecule has 0 saturated carbocycles. The predicted octanol–water partition coefficient (Wildman–Crippen LogP) is 7.63. The molecule has 0 unspecified atom stereocenters. The lowest BCUT2D eigenvalue weighted by atomic mass is 10.1. The van der Waals surface area contributed by atoms with Crippen LogP contribution in [0.3, 0.4) is 0 Å². The molecule has 0 radical (unpaired) electrons. The number of rotatable bonds is 5. The second kappa shape index (κ2) is 10.3. The minimum atomic E-state index is -0.521. The first-order chi connectivity index (χ1) is 16.8. The summed E-state index contributed by atoms with van der Waals surface area (Å²) in [6, 6.07) is 17.7. The van der Waals surface area contributed by atoms with Crippen LogP contribution in [0.5, 0.6) is 11.5 Å². The van der Waals surface area contributed by atoms with E-state index in [4.69, 9.17) is 16.0 Å². The molecule has 1 aliphatic heterocycles. The van der Waals surface area contributed by atoms with E-state index in [1.807, 2.05) is 75.4 Å². The van der Waals surface area contributed by atoms with E-state index in [1.54, 1.807) is 4.90 Å². The van der Waals surface area contributed by atoms with Crippen molar-refractivity contribution in [2.75, 3.05) is 13.1 Å². The molecule has 3 aromatic rings. The summed E-state index contributed by atoms with van der Waals surface area (Å²) in [7, 11) is 0. The summed E-state index contributed by atoms with van der Waals surface area (Å²) in [5.41, 5.74) is 3.06. The second-order valence-electron chi connectivity index (χ2n) is 9.87. The summed E-state index contributed by atoms with van der Waals surface area (Å²) >= 11 is 0. The normalized spacial score (nSPS) is 16.0. The first kappa shape index (κ1) is 24.4. The molecule has 1 atom stereocenters. The highest BCUT2D eigenvalue weighted by molar-refractivity contribution is 5.81. The third-order valence-electron chi connectivity index (χ3n) is 6.14. The number of carbonyl (C=O) groups is 1. The van der Waals surface area contributed by atoms with Gasteiger partial charge in [0.2, 0.25) is 5.69 Å². The number of hydrogen-bond acceptors (Lipinski definition) is 3. The lowest BCUT2D eigenvalue weighted by molar-refractivity contribution is 0.0172. The minimum absolute atomic E-state index is 0.112. The van der Waals surface area contributed by atoms with Gasteiger partial charge in [-0.25, -0.2) is 9.64 Å². The topological polar surface area (TPSA) is 48.1 Å². The van der Waals surface area contributed by atoms with Gasteiger partial charge < -0.3 is 18.9 Å². The Morgan fingerprint density at radius 3 is 2.40 bits per heavy atom. The third-order valence-corrected chi connectivity index (χ3v) is 6.14. The quantitative estimate of drug-likeness (QED) is 0.359. The Balaban J connectivity index is 1.59. The van der Waals surface area contributed by atoms with E-state index in [1.165, 1.54) is 0 Å². The first-order valence-electron chi connectivity index (χ1n) is 12.2. The number of amides is 1. The lowest BCUT2D eigenvalue weighted by Gasteiger charge is -2.35. The van der Waals surface area contributed by atoms with E-state index in [0.29, 0.717) is 18.8 Å². The largest absolute Gasteiger partial charge is 0.457 e. The van der Waals surface area contributed by atoms with Gasteiger partial charge in [-0.2, -0.15) is 0 Å².